The zero-order chi connectivity index (χ0) is 12.5. The molecule has 0 spiro atoms. The molecule has 17 heavy (non-hydrogen) atoms. The van der Waals surface area contributed by atoms with Crippen LogP contribution in [0.1, 0.15) is 31.9 Å². The van der Waals surface area contributed by atoms with Gasteiger partial charge in [0.15, 0.2) is 0 Å². The zero-order valence-corrected chi connectivity index (χ0v) is 10.5. The van der Waals surface area contributed by atoms with Crippen LogP contribution in [0.25, 0.3) is 0 Å². The quantitative estimate of drug-likeness (QED) is 0.408. The predicted molar refractivity (Wildman–Crippen MR) is 66.6 cm³/mol. The van der Waals surface area contributed by atoms with Crippen LogP contribution in [0.5, 0.6) is 5.75 Å². The third-order valence-electron chi connectivity index (χ3n) is 2.28. The van der Waals surface area contributed by atoms with Crippen molar-refractivity contribution in [3.63, 3.8) is 0 Å². The van der Waals surface area contributed by atoms with Crippen LogP contribution in [-0.2, 0) is 4.74 Å². The summed E-state index contributed by atoms with van der Waals surface area (Å²) in [7, 11) is 0. The monoisotopic (exact) mass is 239 g/mol. The molecule has 5 heteroatoms. The predicted octanol–water partition coefficient (Wildman–Crippen LogP) is 1.41. The fourth-order valence-electron chi connectivity index (χ4n) is 1.46. The molecule has 0 bridgehead atoms. The van der Waals surface area contributed by atoms with Crippen LogP contribution >= 0.6 is 0 Å². The Morgan fingerprint density at radius 3 is 2.88 bits per heavy atom. The van der Waals surface area contributed by atoms with E-state index in [2.05, 4.69) is 17.3 Å². The molecule has 0 saturated heterocycles. The van der Waals surface area contributed by atoms with E-state index in [1.807, 2.05) is 13.0 Å². The number of hydrogen-bond acceptors (Lipinski definition) is 5. The second kappa shape index (κ2) is 8.00. The third-order valence-corrected chi connectivity index (χ3v) is 2.28. The van der Waals surface area contributed by atoms with Crippen LogP contribution in [-0.4, -0.2) is 24.8 Å². The van der Waals surface area contributed by atoms with Gasteiger partial charge in [0.25, 0.3) is 0 Å². The van der Waals surface area contributed by atoms with E-state index in [1.165, 1.54) is 0 Å². The van der Waals surface area contributed by atoms with Gasteiger partial charge in [-0.05, 0) is 25.0 Å². The maximum absolute atomic E-state index is 5.51. The first-order valence-corrected chi connectivity index (χ1v) is 5.93. The summed E-state index contributed by atoms with van der Waals surface area (Å²) >= 11 is 0. The minimum Gasteiger partial charge on any atom is -0.492 e. The molecule has 0 aliphatic carbocycles. The van der Waals surface area contributed by atoms with Crippen molar-refractivity contribution in [1.82, 2.24) is 10.4 Å². The van der Waals surface area contributed by atoms with E-state index >= 15 is 0 Å². The molecular weight excluding hydrogens is 218 g/mol. The molecule has 1 unspecified atom stereocenters. The smallest absolute Gasteiger partial charge is 0.137 e. The van der Waals surface area contributed by atoms with Gasteiger partial charge in [-0.15, -0.1) is 0 Å². The highest BCUT2D eigenvalue weighted by molar-refractivity contribution is 5.26. The second-order valence-electron chi connectivity index (χ2n) is 3.68. The highest BCUT2D eigenvalue weighted by Crippen LogP contribution is 2.17. The number of hydrogen-bond donors (Lipinski definition) is 2. The van der Waals surface area contributed by atoms with Crippen molar-refractivity contribution < 1.29 is 9.47 Å². The third kappa shape index (κ3) is 4.68. The van der Waals surface area contributed by atoms with Crippen LogP contribution in [0.3, 0.4) is 0 Å². The van der Waals surface area contributed by atoms with Crippen LogP contribution in [0, 0.1) is 0 Å². The summed E-state index contributed by atoms with van der Waals surface area (Å²) in [5.74, 6) is 6.26. The van der Waals surface area contributed by atoms with Gasteiger partial charge in [-0.25, -0.2) is 0 Å². The van der Waals surface area contributed by atoms with Crippen molar-refractivity contribution in [3.05, 3.63) is 24.0 Å². The molecule has 96 valence electrons. The molecule has 1 heterocycles. The first-order valence-electron chi connectivity index (χ1n) is 5.93. The maximum atomic E-state index is 5.51. The van der Waals surface area contributed by atoms with E-state index in [9.17, 15) is 0 Å². The number of hydrazine groups is 1. The van der Waals surface area contributed by atoms with Crippen molar-refractivity contribution in [1.29, 1.82) is 0 Å². The highest BCUT2D eigenvalue weighted by atomic mass is 16.5. The van der Waals surface area contributed by atoms with Crippen molar-refractivity contribution in [2.75, 3.05) is 19.8 Å². The number of nitrogens with two attached hydrogens (primary N) is 1. The summed E-state index contributed by atoms with van der Waals surface area (Å²) in [5, 5.41) is 0. The lowest BCUT2D eigenvalue weighted by Gasteiger charge is -2.16. The van der Waals surface area contributed by atoms with Crippen molar-refractivity contribution in [3.8, 4) is 5.75 Å². The molecule has 1 aromatic rings. The average molecular weight is 239 g/mol. The van der Waals surface area contributed by atoms with Crippen molar-refractivity contribution in [2.45, 2.75) is 26.3 Å². The minimum absolute atomic E-state index is 0.0607. The molecule has 0 aromatic carbocycles. The zero-order valence-electron chi connectivity index (χ0n) is 10.5. The van der Waals surface area contributed by atoms with Gasteiger partial charge >= 0.3 is 0 Å². The van der Waals surface area contributed by atoms with E-state index in [-0.39, 0.29) is 6.04 Å². The molecule has 1 atom stereocenters. The molecule has 0 aliphatic heterocycles. The van der Waals surface area contributed by atoms with Gasteiger partial charge in [-0.2, -0.15) is 0 Å². The Morgan fingerprint density at radius 1 is 1.41 bits per heavy atom. The van der Waals surface area contributed by atoms with Gasteiger partial charge in [-0.1, -0.05) is 6.92 Å². The molecule has 1 aromatic heterocycles. The van der Waals surface area contributed by atoms with Crippen LogP contribution < -0.4 is 16.0 Å². The lowest BCUT2D eigenvalue weighted by molar-refractivity contribution is 0.112. The molecule has 1 rings (SSSR count). The fraction of sp³-hybridized carbons (Fsp3) is 0.583. The molecule has 0 aliphatic rings. The molecular formula is C12H21N3O2. The summed E-state index contributed by atoms with van der Waals surface area (Å²) in [6.45, 7) is 5.90. The van der Waals surface area contributed by atoms with E-state index < -0.39 is 0 Å². The summed E-state index contributed by atoms with van der Waals surface area (Å²) in [4.78, 5) is 4.12. The van der Waals surface area contributed by atoms with Crippen LogP contribution in [0.15, 0.2) is 18.5 Å². The van der Waals surface area contributed by atoms with Gasteiger partial charge in [0.1, 0.15) is 5.75 Å². The number of aromatic nitrogens is 1. The molecule has 3 N–H and O–H groups in total. The lowest BCUT2D eigenvalue weighted by Crippen LogP contribution is -2.31. The minimum atomic E-state index is -0.0607. The Morgan fingerprint density at radius 2 is 2.24 bits per heavy atom. The maximum Gasteiger partial charge on any atom is 0.137 e. The van der Waals surface area contributed by atoms with Crippen LogP contribution in [0.2, 0.25) is 0 Å². The molecule has 0 saturated carbocycles. The Hall–Kier alpha value is -1.17. The van der Waals surface area contributed by atoms with Gasteiger partial charge in [0.05, 0.1) is 25.5 Å². The van der Waals surface area contributed by atoms with Gasteiger partial charge in [-0.3, -0.25) is 16.3 Å². The molecule has 5 nitrogen and oxygen atoms in total. The van der Waals surface area contributed by atoms with E-state index in [0.29, 0.717) is 13.2 Å². The van der Waals surface area contributed by atoms with Crippen molar-refractivity contribution >= 4 is 0 Å². The number of pyridine rings is 1. The summed E-state index contributed by atoms with van der Waals surface area (Å²) in [6, 6.07) is 1.87. The second-order valence-corrected chi connectivity index (χ2v) is 3.68. The summed E-state index contributed by atoms with van der Waals surface area (Å²) < 4.78 is 10.9. The normalized spacial score (nSPS) is 12.4. The number of nitrogens with one attached hydrogen (secondary N) is 1. The average Bonchev–Trinajstić information content (AvgIpc) is 2.35. The highest BCUT2D eigenvalue weighted by Gasteiger charge is 2.11. The van der Waals surface area contributed by atoms with E-state index in [0.717, 1.165) is 24.3 Å². The topological polar surface area (TPSA) is 69.4 Å². The Kier molecular flexibility index (Phi) is 6.54. The first-order chi connectivity index (χ1) is 8.31. The molecule has 0 fully saturated rings. The number of rotatable bonds is 8. The number of nitrogens with zero attached hydrogens (tertiary/aromatic N) is 1. The van der Waals surface area contributed by atoms with Gasteiger partial charge < -0.3 is 9.47 Å². The van der Waals surface area contributed by atoms with Gasteiger partial charge in [0.2, 0.25) is 0 Å². The molecule has 0 amide bonds. The fourth-order valence-corrected chi connectivity index (χ4v) is 1.46. The summed E-state index contributed by atoms with van der Waals surface area (Å²) in [6.07, 6.45) is 4.45. The Labute approximate surface area is 102 Å². The standard InChI is InChI=1S/C12H21N3O2/c1-3-5-16-9-12(15-13)10-6-11(17-4-2)8-14-7-10/h6-8,12,15H,3-5,9,13H2,1-2H3. The largest absolute Gasteiger partial charge is 0.492 e. The van der Waals surface area contributed by atoms with Crippen LogP contribution in [0.4, 0.5) is 0 Å². The first kappa shape index (κ1) is 13.9. The Bertz CT molecular complexity index is 320. The van der Waals surface area contributed by atoms with Gasteiger partial charge in [0, 0.05) is 12.8 Å². The SMILES string of the molecule is CCCOCC(NN)c1cncc(OCC)c1. The Balaban J connectivity index is 2.63. The van der Waals surface area contributed by atoms with E-state index in [1.54, 1.807) is 12.4 Å². The summed E-state index contributed by atoms with van der Waals surface area (Å²) in [5.41, 5.74) is 3.69. The van der Waals surface area contributed by atoms with E-state index in [4.69, 9.17) is 15.3 Å². The number of ether oxygens (including phenoxy) is 2. The lowest BCUT2D eigenvalue weighted by atomic mass is 10.1. The molecule has 0 radical (unpaired) electrons. The van der Waals surface area contributed by atoms with Crippen molar-refractivity contribution in [2.24, 2.45) is 5.84 Å².